The van der Waals surface area contributed by atoms with Crippen molar-refractivity contribution in [2.45, 2.75) is 56.9 Å². The first-order valence-corrected chi connectivity index (χ1v) is 10.9. The van der Waals surface area contributed by atoms with E-state index < -0.39 is 0 Å². The number of amides is 1. The van der Waals surface area contributed by atoms with Crippen LogP contribution < -0.4 is 5.32 Å². The molecule has 3 aliphatic carbocycles. The lowest BCUT2D eigenvalue weighted by molar-refractivity contribution is -0.119. The van der Waals surface area contributed by atoms with Crippen LogP contribution in [0.3, 0.4) is 0 Å². The molecule has 1 aromatic rings. The van der Waals surface area contributed by atoms with Crippen LogP contribution in [0.25, 0.3) is 0 Å². The van der Waals surface area contributed by atoms with E-state index in [0.717, 1.165) is 24.2 Å². The quantitative estimate of drug-likeness (QED) is 0.815. The summed E-state index contributed by atoms with van der Waals surface area (Å²) in [6.45, 7) is 5.40. The van der Waals surface area contributed by atoms with E-state index in [1.807, 2.05) is 0 Å². The van der Waals surface area contributed by atoms with Crippen LogP contribution in [-0.4, -0.2) is 30.4 Å². The van der Waals surface area contributed by atoms with Crippen molar-refractivity contribution in [3.8, 4) is 0 Å². The molecule has 144 valence electrons. The Balaban J connectivity index is 1.28. The van der Waals surface area contributed by atoms with Crippen molar-refractivity contribution in [3.63, 3.8) is 0 Å². The highest BCUT2D eigenvalue weighted by atomic mass is 16.1. The summed E-state index contributed by atoms with van der Waals surface area (Å²) in [5.74, 6) is 2.73. The van der Waals surface area contributed by atoms with Crippen molar-refractivity contribution < 1.29 is 4.79 Å². The standard InChI is InChI=1S/C24H32N2O/c1-17(27)25-23-8-9-24(22-5-3-2-4-21(22)23)10-12-26(13-11-24)16-20-15-18-6-7-19(20)14-18/h2-7,18-20,23H,8-16H2,1H3,(H,25,27)/t18-,19?,20-,23-/m0/s1. The summed E-state index contributed by atoms with van der Waals surface area (Å²) >= 11 is 0. The summed E-state index contributed by atoms with van der Waals surface area (Å²) in [4.78, 5) is 14.4. The second-order valence-electron chi connectivity index (χ2n) is 9.50. The summed E-state index contributed by atoms with van der Waals surface area (Å²) in [6.07, 6.45) is 12.6. The van der Waals surface area contributed by atoms with Gasteiger partial charge in [-0.2, -0.15) is 0 Å². The number of benzene rings is 1. The smallest absolute Gasteiger partial charge is 0.217 e. The molecule has 27 heavy (non-hydrogen) atoms. The highest BCUT2D eigenvalue weighted by molar-refractivity contribution is 5.73. The van der Waals surface area contributed by atoms with Gasteiger partial charge >= 0.3 is 0 Å². The van der Waals surface area contributed by atoms with Crippen molar-refractivity contribution >= 4 is 5.91 Å². The van der Waals surface area contributed by atoms with Gasteiger partial charge in [-0.05, 0) is 85.9 Å². The lowest BCUT2D eigenvalue weighted by Crippen LogP contribution is -2.47. The first kappa shape index (κ1) is 17.5. The molecular weight excluding hydrogens is 332 g/mol. The normalized spacial score (nSPS) is 34.0. The molecule has 1 spiro atoms. The number of carbonyl (C=O) groups is 1. The summed E-state index contributed by atoms with van der Waals surface area (Å²) < 4.78 is 0. The van der Waals surface area contributed by atoms with Crippen LogP contribution >= 0.6 is 0 Å². The maximum Gasteiger partial charge on any atom is 0.217 e. The van der Waals surface area contributed by atoms with Crippen LogP contribution in [0.5, 0.6) is 0 Å². The van der Waals surface area contributed by atoms with Crippen molar-refractivity contribution in [1.82, 2.24) is 10.2 Å². The Labute approximate surface area is 163 Å². The Kier molecular flexibility index (Phi) is 4.39. The minimum absolute atomic E-state index is 0.0838. The van der Waals surface area contributed by atoms with Crippen LogP contribution in [-0.2, 0) is 10.2 Å². The molecule has 1 unspecified atom stereocenters. The molecule has 1 aromatic carbocycles. The third-order valence-corrected chi connectivity index (χ3v) is 7.92. The number of carbonyl (C=O) groups excluding carboxylic acids is 1. The molecule has 4 aliphatic rings. The van der Waals surface area contributed by atoms with Gasteiger partial charge in [0.2, 0.25) is 5.91 Å². The number of hydrogen-bond donors (Lipinski definition) is 1. The molecule has 4 atom stereocenters. The fourth-order valence-corrected chi connectivity index (χ4v) is 6.51. The van der Waals surface area contributed by atoms with E-state index >= 15 is 0 Å². The second-order valence-corrected chi connectivity index (χ2v) is 9.50. The molecule has 0 radical (unpaired) electrons. The maximum atomic E-state index is 11.6. The fraction of sp³-hybridized carbons (Fsp3) is 0.625. The first-order chi connectivity index (χ1) is 13.1. The third-order valence-electron chi connectivity index (χ3n) is 7.92. The topological polar surface area (TPSA) is 32.3 Å². The van der Waals surface area contributed by atoms with Gasteiger partial charge in [0, 0.05) is 13.5 Å². The van der Waals surface area contributed by atoms with Crippen molar-refractivity contribution in [2.75, 3.05) is 19.6 Å². The van der Waals surface area contributed by atoms with Crippen LogP contribution in [0.2, 0.25) is 0 Å². The average Bonchev–Trinajstić information content (AvgIpc) is 3.29. The number of nitrogens with one attached hydrogen (secondary N) is 1. The summed E-state index contributed by atoms with van der Waals surface area (Å²) in [7, 11) is 0. The van der Waals surface area contributed by atoms with E-state index in [1.165, 1.54) is 62.9 Å². The van der Waals surface area contributed by atoms with Crippen LogP contribution in [0, 0.1) is 17.8 Å². The molecule has 1 aliphatic heterocycles. The van der Waals surface area contributed by atoms with Gasteiger partial charge in [0.25, 0.3) is 0 Å². The molecule has 1 heterocycles. The zero-order valence-corrected chi connectivity index (χ0v) is 16.5. The van der Waals surface area contributed by atoms with E-state index in [2.05, 4.69) is 46.6 Å². The second kappa shape index (κ2) is 6.77. The minimum atomic E-state index is 0.0838. The molecule has 1 saturated carbocycles. The van der Waals surface area contributed by atoms with Gasteiger partial charge in [0.1, 0.15) is 0 Å². The summed E-state index contributed by atoms with van der Waals surface area (Å²) in [5.41, 5.74) is 3.21. The lowest BCUT2D eigenvalue weighted by atomic mass is 9.63. The molecule has 3 heteroatoms. The first-order valence-electron chi connectivity index (χ1n) is 10.9. The Morgan fingerprint density at radius 3 is 2.67 bits per heavy atom. The predicted octanol–water partition coefficient (Wildman–Crippen LogP) is 4.20. The predicted molar refractivity (Wildman–Crippen MR) is 108 cm³/mol. The fourth-order valence-electron chi connectivity index (χ4n) is 6.51. The van der Waals surface area contributed by atoms with Crippen molar-refractivity contribution in [2.24, 2.45) is 17.8 Å². The number of allylic oxidation sites excluding steroid dienone is 2. The van der Waals surface area contributed by atoms with Gasteiger partial charge in [0.15, 0.2) is 0 Å². The van der Waals surface area contributed by atoms with Crippen LogP contribution in [0.4, 0.5) is 0 Å². The number of hydrogen-bond acceptors (Lipinski definition) is 2. The summed E-state index contributed by atoms with van der Waals surface area (Å²) in [6, 6.07) is 9.09. The molecule has 2 bridgehead atoms. The molecule has 1 N–H and O–H groups in total. The van der Waals surface area contributed by atoms with Gasteiger partial charge < -0.3 is 10.2 Å². The Hall–Kier alpha value is -1.61. The monoisotopic (exact) mass is 364 g/mol. The van der Waals surface area contributed by atoms with Crippen LogP contribution in [0.1, 0.15) is 62.6 Å². The van der Waals surface area contributed by atoms with Gasteiger partial charge in [-0.3, -0.25) is 4.79 Å². The molecule has 1 saturated heterocycles. The Bertz CT molecular complexity index is 747. The van der Waals surface area contributed by atoms with Gasteiger partial charge in [-0.15, -0.1) is 0 Å². The number of nitrogens with zero attached hydrogens (tertiary/aromatic N) is 1. The zero-order valence-electron chi connectivity index (χ0n) is 16.5. The van der Waals surface area contributed by atoms with Gasteiger partial charge in [-0.25, -0.2) is 0 Å². The van der Waals surface area contributed by atoms with Crippen LogP contribution in [0.15, 0.2) is 36.4 Å². The van der Waals surface area contributed by atoms with Gasteiger partial charge in [0.05, 0.1) is 6.04 Å². The molecule has 5 rings (SSSR count). The van der Waals surface area contributed by atoms with Crippen molar-refractivity contribution in [1.29, 1.82) is 0 Å². The molecule has 0 aromatic heterocycles. The molecular formula is C24H32N2O. The third kappa shape index (κ3) is 3.14. The largest absolute Gasteiger partial charge is 0.350 e. The van der Waals surface area contributed by atoms with Crippen molar-refractivity contribution in [3.05, 3.63) is 47.5 Å². The van der Waals surface area contributed by atoms with E-state index in [-0.39, 0.29) is 11.9 Å². The zero-order chi connectivity index (χ0) is 18.4. The molecule has 3 nitrogen and oxygen atoms in total. The minimum Gasteiger partial charge on any atom is -0.350 e. The highest BCUT2D eigenvalue weighted by Crippen LogP contribution is 2.49. The maximum absolute atomic E-state index is 11.6. The number of piperidine rings is 1. The lowest BCUT2D eigenvalue weighted by Gasteiger charge is -2.48. The highest BCUT2D eigenvalue weighted by Gasteiger charge is 2.43. The Morgan fingerprint density at radius 2 is 1.96 bits per heavy atom. The van der Waals surface area contributed by atoms with E-state index in [4.69, 9.17) is 0 Å². The number of likely N-dealkylation sites (tertiary alicyclic amines) is 1. The molecule has 2 fully saturated rings. The summed E-state index contributed by atoms with van der Waals surface area (Å²) in [5, 5.41) is 3.18. The van der Waals surface area contributed by atoms with Gasteiger partial charge in [-0.1, -0.05) is 36.4 Å². The average molecular weight is 365 g/mol. The number of rotatable bonds is 3. The molecule has 1 amide bonds. The van der Waals surface area contributed by atoms with E-state index in [0.29, 0.717) is 5.41 Å². The van der Waals surface area contributed by atoms with E-state index in [1.54, 1.807) is 6.92 Å². The Morgan fingerprint density at radius 1 is 1.15 bits per heavy atom. The SMILES string of the molecule is CC(=O)N[C@H]1CCC2(CCN(C[C@@H]3C[C@H]4C=CC3C4)CC2)c2ccccc21. The van der Waals surface area contributed by atoms with E-state index in [9.17, 15) is 4.79 Å². The number of fused-ring (bicyclic) bond motifs is 4.